The van der Waals surface area contributed by atoms with Crippen LogP contribution in [-0.2, 0) is 16.0 Å². The molecule has 1 aliphatic rings. The van der Waals surface area contributed by atoms with E-state index in [2.05, 4.69) is 11.4 Å². The van der Waals surface area contributed by atoms with Crippen molar-refractivity contribution < 1.29 is 14.3 Å². The first-order valence-corrected chi connectivity index (χ1v) is 11.4. The van der Waals surface area contributed by atoms with E-state index in [4.69, 9.17) is 4.74 Å². The van der Waals surface area contributed by atoms with Crippen molar-refractivity contribution in [2.24, 2.45) is 0 Å². The molecule has 0 atom stereocenters. The monoisotopic (exact) mass is 454 g/mol. The van der Waals surface area contributed by atoms with Gasteiger partial charge in [0.15, 0.2) is 0 Å². The zero-order chi connectivity index (χ0) is 24.4. The van der Waals surface area contributed by atoms with Gasteiger partial charge in [-0.15, -0.1) is 0 Å². The van der Waals surface area contributed by atoms with Crippen LogP contribution in [-0.4, -0.2) is 30.4 Å². The van der Waals surface area contributed by atoms with Crippen LogP contribution in [0.3, 0.4) is 0 Å². The third kappa shape index (κ3) is 4.74. The molecule has 5 heteroatoms. The molecule has 1 N–H and O–H groups in total. The van der Waals surface area contributed by atoms with Gasteiger partial charge in [-0.25, -0.2) is 0 Å². The van der Waals surface area contributed by atoms with Crippen molar-refractivity contribution in [2.75, 3.05) is 19.0 Å². The lowest BCUT2D eigenvalue weighted by molar-refractivity contribution is -0.136. The lowest BCUT2D eigenvalue weighted by atomic mass is 9.97. The highest BCUT2D eigenvalue weighted by Crippen LogP contribution is 2.33. The van der Waals surface area contributed by atoms with Gasteiger partial charge in [0.05, 0.1) is 12.7 Å². The third-order valence-electron chi connectivity index (χ3n) is 6.09. The number of hydrogen-bond donors (Lipinski definition) is 1. The van der Waals surface area contributed by atoms with E-state index >= 15 is 0 Å². The molecular weight excluding hydrogens is 424 g/mol. The van der Waals surface area contributed by atoms with E-state index in [0.717, 1.165) is 44.8 Å². The number of benzene rings is 3. The highest BCUT2D eigenvalue weighted by molar-refractivity contribution is 6.36. The van der Waals surface area contributed by atoms with E-state index in [9.17, 15) is 9.59 Å². The topological polar surface area (TPSA) is 58.6 Å². The number of amides is 2. The molecule has 0 fully saturated rings. The van der Waals surface area contributed by atoms with Crippen molar-refractivity contribution in [2.45, 2.75) is 34.1 Å². The molecule has 2 amide bonds. The summed E-state index contributed by atoms with van der Waals surface area (Å²) in [7, 11) is 1.63. The predicted molar refractivity (Wildman–Crippen MR) is 136 cm³/mol. The number of hydrogen-bond acceptors (Lipinski definition) is 4. The van der Waals surface area contributed by atoms with Gasteiger partial charge < -0.3 is 10.1 Å². The molecule has 1 aliphatic heterocycles. The van der Waals surface area contributed by atoms with Crippen LogP contribution in [0.1, 0.15) is 33.4 Å². The SMILES string of the molecule is COc1ccc(CCN2C(=O)C(Nc3cc(C)cc(C)c3)=C(c3ccc(C)cc3C)C2=O)cc1. The van der Waals surface area contributed by atoms with Gasteiger partial charge in [0.1, 0.15) is 11.4 Å². The molecule has 34 heavy (non-hydrogen) atoms. The summed E-state index contributed by atoms with van der Waals surface area (Å²) in [5.41, 5.74) is 7.62. The molecule has 0 unspecified atom stereocenters. The maximum absolute atomic E-state index is 13.6. The van der Waals surface area contributed by atoms with Crippen molar-refractivity contribution in [1.29, 1.82) is 0 Å². The average Bonchev–Trinajstić information content (AvgIpc) is 3.01. The third-order valence-corrected chi connectivity index (χ3v) is 6.09. The number of ether oxygens (including phenoxy) is 1. The molecule has 0 aromatic heterocycles. The Bertz CT molecular complexity index is 1270. The quantitative estimate of drug-likeness (QED) is 0.488. The number of aryl methyl sites for hydroxylation is 4. The van der Waals surface area contributed by atoms with E-state index in [1.54, 1.807) is 7.11 Å². The molecule has 0 radical (unpaired) electrons. The highest BCUT2D eigenvalue weighted by atomic mass is 16.5. The summed E-state index contributed by atoms with van der Waals surface area (Å²) in [5, 5.41) is 3.29. The first kappa shape index (κ1) is 23.3. The zero-order valence-electron chi connectivity index (χ0n) is 20.4. The highest BCUT2D eigenvalue weighted by Gasteiger charge is 2.39. The van der Waals surface area contributed by atoms with Crippen molar-refractivity contribution in [1.82, 2.24) is 4.90 Å². The Labute approximate surface area is 201 Å². The molecule has 0 aliphatic carbocycles. The summed E-state index contributed by atoms with van der Waals surface area (Å²) in [5.74, 6) is 0.209. The smallest absolute Gasteiger partial charge is 0.278 e. The van der Waals surface area contributed by atoms with Gasteiger partial charge in [-0.05, 0) is 86.2 Å². The summed E-state index contributed by atoms with van der Waals surface area (Å²) in [6.07, 6.45) is 0.568. The molecular formula is C29H30N2O3. The number of rotatable bonds is 7. The Balaban J connectivity index is 1.68. The minimum atomic E-state index is -0.298. The molecule has 0 saturated heterocycles. The Kier molecular flexibility index (Phi) is 6.55. The Hall–Kier alpha value is -3.86. The van der Waals surface area contributed by atoms with Gasteiger partial charge in [-0.1, -0.05) is 42.0 Å². The number of carbonyl (C=O) groups excluding carboxylic acids is 2. The molecule has 3 aromatic rings. The Morgan fingerprint density at radius 1 is 0.794 bits per heavy atom. The normalized spacial score (nSPS) is 13.6. The van der Waals surface area contributed by atoms with Crippen LogP contribution in [0.2, 0.25) is 0 Å². The summed E-state index contributed by atoms with van der Waals surface area (Å²) in [4.78, 5) is 28.5. The standard InChI is InChI=1S/C29H30N2O3/c1-18-6-11-25(21(4)15-18)26-27(30-23-16-19(2)14-20(3)17-23)29(33)31(28(26)32)13-12-22-7-9-24(34-5)10-8-22/h6-11,14-17,30H,12-13H2,1-5H3. The number of carbonyl (C=O) groups is 2. The maximum Gasteiger partial charge on any atom is 0.278 e. The van der Waals surface area contributed by atoms with Gasteiger partial charge in [-0.3, -0.25) is 14.5 Å². The average molecular weight is 455 g/mol. The van der Waals surface area contributed by atoms with Crippen molar-refractivity contribution in [3.05, 3.63) is 99.7 Å². The lowest BCUT2D eigenvalue weighted by Crippen LogP contribution is -2.34. The van der Waals surface area contributed by atoms with Crippen molar-refractivity contribution >= 4 is 23.1 Å². The van der Waals surface area contributed by atoms with Crippen LogP contribution in [0.4, 0.5) is 5.69 Å². The number of nitrogens with one attached hydrogen (secondary N) is 1. The molecule has 1 heterocycles. The summed E-state index contributed by atoms with van der Waals surface area (Å²) in [6.45, 7) is 8.32. The minimum Gasteiger partial charge on any atom is -0.497 e. The Morgan fingerprint density at radius 3 is 2.09 bits per heavy atom. The van der Waals surface area contributed by atoms with Crippen LogP contribution in [0, 0.1) is 27.7 Å². The molecule has 0 saturated carbocycles. The van der Waals surface area contributed by atoms with Crippen molar-refractivity contribution in [3.63, 3.8) is 0 Å². The van der Waals surface area contributed by atoms with Crippen LogP contribution >= 0.6 is 0 Å². The maximum atomic E-state index is 13.6. The van der Waals surface area contributed by atoms with Crippen molar-refractivity contribution in [3.8, 4) is 5.75 Å². The van der Waals surface area contributed by atoms with E-state index in [0.29, 0.717) is 24.2 Å². The molecule has 174 valence electrons. The number of methoxy groups -OCH3 is 1. The second-order valence-electron chi connectivity index (χ2n) is 8.93. The van der Waals surface area contributed by atoms with Gasteiger partial charge in [0.2, 0.25) is 0 Å². The number of nitrogens with zero attached hydrogens (tertiary/aromatic N) is 1. The molecule has 0 spiro atoms. The molecule has 0 bridgehead atoms. The number of anilines is 1. The van der Waals surface area contributed by atoms with E-state index in [1.165, 1.54) is 4.90 Å². The molecule has 4 rings (SSSR count). The number of imide groups is 1. The summed E-state index contributed by atoms with van der Waals surface area (Å²) in [6, 6.07) is 19.7. The fourth-order valence-corrected chi connectivity index (χ4v) is 4.46. The molecule has 3 aromatic carbocycles. The van der Waals surface area contributed by atoms with Crippen LogP contribution < -0.4 is 10.1 Å². The van der Waals surface area contributed by atoms with E-state index in [1.807, 2.05) is 82.3 Å². The van der Waals surface area contributed by atoms with Crippen LogP contribution in [0.5, 0.6) is 5.75 Å². The molecule has 5 nitrogen and oxygen atoms in total. The predicted octanol–water partition coefficient (Wildman–Crippen LogP) is 5.36. The largest absolute Gasteiger partial charge is 0.497 e. The fraction of sp³-hybridized carbons (Fsp3) is 0.241. The van der Waals surface area contributed by atoms with E-state index < -0.39 is 0 Å². The fourth-order valence-electron chi connectivity index (χ4n) is 4.46. The van der Waals surface area contributed by atoms with Crippen LogP contribution in [0.25, 0.3) is 5.57 Å². The van der Waals surface area contributed by atoms with Crippen LogP contribution in [0.15, 0.2) is 66.4 Å². The zero-order valence-corrected chi connectivity index (χ0v) is 20.4. The van der Waals surface area contributed by atoms with Gasteiger partial charge >= 0.3 is 0 Å². The second kappa shape index (κ2) is 9.56. The summed E-state index contributed by atoms with van der Waals surface area (Å²) >= 11 is 0. The summed E-state index contributed by atoms with van der Waals surface area (Å²) < 4.78 is 5.22. The lowest BCUT2D eigenvalue weighted by Gasteiger charge is -2.16. The van der Waals surface area contributed by atoms with Gasteiger partial charge in [-0.2, -0.15) is 0 Å². The van der Waals surface area contributed by atoms with Gasteiger partial charge in [0.25, 0.3) is 11.8 Å². The first-order valence-electron chi connectivity index (χ1n) is 11.4. The first-order chi connectivity index (χ1) is 16.3. The van der Waals surface area contributed by atoms with Gasteiger partial charge in [0, 0.05) is 12.2 Å². The Morgan fingerprint density at radius 2 is 1.47 bits per heavy atom. The minimum absolute atomic E-state index is 0.266. The van der Waals surface area contributed by atoms with E-state index in [-0.39, 0.29) is 11.8 Å². The second-order valence-corrected chi connectivity index (χ2v) is 8.93.